The van der Waals surface area contributed by atoms with Crippen molar-refractivity contribution in [2.24, 2.45) is 17.8 Å². The summed E-state index contributed by atoms with van der Waals surface area (Å²) in [7, 11) is 3.73. The van der Waals surface area contributed by atoms with Gasteiger partial charge in [-0.15, -0.1) is 0 Å². The first-order valence-corrected chi connectivity index (χ1v) is 5.14. The second-order valence-electron chi connectivity index (χ2n) is 4.65. The molecular formula is C10H18N2O. The number of amides is 1. The van der Waals surface area contributed by atoms with Crippen molar-refractivity contribution in [3.05, 3.63) is 0 Å². The molecule has 1 N–H and O–H groups in total. The lowest BCUT2D eigenvalue weighted by atomic mass is 9.88. The number of hydrogen-bond donors (Lipinski definition) is 1. The summed E-state index contributed by atoms with van der Waals surface area (Å²) in [5.74, 6) is 2.08. The molecule has 0 aromatic heterocycles. The third-order valence-electron chi connectivity index (χ3n) is 3.41. The van der Waals surface area contributed by atoms with Crippen LogP contribution in [-0.4, -0.2) is 25.0 Å². The molecule has 0 aliphatic heterocycles. The largest absolute Gasteiger partial charge is 0.289 e. The van der Waals surface area contributed by atoms with Crippen LogP contribution in [0.1, 0.15) is 25.7 Å². The van der Waals surface area contributed by atoms with Crippen LogP contribution in [0.25, 0.3) is 0 Å². The summed E-state index contributed by atoms with van der Waals surface area (Å²) in [6, 6.07) is 0. The van der Waals surface area contributed by atoms with Crippen LogP contribution in [0.5, 0.6) is 0 Å². The molecule has 74 valence electrons. The maximum Gasteiger partial charge on any atom is 0.237 e. The summed E-state index contributed by atoms with van der Waals surface area (Å²) >= 11 is 0. The average Bonchev–Trinajstić information content (AvgIpc) is 2.62. The fourth-order valence-corrected chi connectivity index (χ4v) is 2.87. The minimum Gasteiger partial charge on any atom is -0.289 e. The molecule has 0 heterocycles. The van der Waals surface area contributed by atoms with E-state index in [2.05, 4.69) is 5.43 Å². The predicted octanol–water partition coefficient (Wildman–Crippen LogP) is 1.02. The van der Waals surface area contributed by atoms with E-state index >= 15 is 0 Å². The molecule has 1 amide bonds. The Morgan fingerprint density at radius 2 is 2.08 bits per heavy atom. The SMILES string of the molecule is CN(C)NC(=O)C1CC2CCC1C2. The van der Waals surface area contributed by atoms with Gasteiger partial charge in [-0.2, -0.15) is 0 Å². The molecule has 2 rings (SSSR count). The van der Waals surface area contributed by atoms with Gasteiger partial charge in [-0.1, -0.05) is 6.42 Å². The average molecular weight is 182 g/mol. The van der Waals surface area contributed by atoms with Crippen LogP contribution in [0.15, 0.2) is 0 Å². The Labute approximate surface area is 79.5 Å². The number of rotatable bonds is 2. The lowest BCUT2D eigenvalue weighted by Gasteiger charge is -2.22. The molecule has 13 heavy (non-hydrogen) atoms. The molecule has 2 fully saturated rings. The van der Waals surface area contributed by atoms with Gasteiger partial charge in [-0.05, 0) is 31.1 Å². The fourth-order valence-electron chi connectivity index (χ4n) is 2.87. The van der Waals surface area contributed by atoms with E-state index in [1.807, 2.05) is 14.1 Å². The molecule has 0 spiro atoms. The molecule has 3 atom stereocenters. The van der Waals surface area contributed by atoms with Gasteiger partial charge in [0.05, 0.1) is 0 Å². The number of hydrazine groups is 1. The molecule has 0 radical (unpaired) electrons. The van der Waals surface area contributed by atoms with Crippen LogP contribution in [0.2, 0.25) is 0 Å². The Hall–Kier alpha value is -0.570. The standard InChI is InChI=1S/C10H18N2O/c1-12(2)11-10(13)9-6-7-3-4-8(9)5-7/h7-9H,3-6H2,1-2H3,(H,11,13). The Bertz CT molecular complexity index is 215. The predicted molar refractivity (Wildman–Crippen MR) is 50.8 cm³/mol. The van der Waals surface area contributed by atoms with Crippen LogP contribution < -0.4 is 5.43 Å². The molecule has 0 aromatic carbocycles. The maximum absolute atomic E-state index is 11.7. The van der Waals surface area contributed by atoms with Crippen molar-refractivity contribution in [1.29, 1.82) is 0 Å². The topological polar surface area (TPSA) is 32.3 Å². The Balaban J connectivity index is 1.91. The molecule has 2 aliphatic rings. The first-order valence-electron chi connectivity index (χ1n) is 5.14. The van der Waals surface area contributed by atoms with E-state index in [-0.39, 0.29) is 5.91 Å². The quantitative estimate of drug-likeness (QED) is 0.647. The second-order valence-corrected chi connectivity index (χ2v) is 4.65. The first kappa shape index (κ1) is 9.00. The van der Waals surface area contributed by atoms with Crippen molar-refractivity contribution in [3.63, 3.8) is 0 Å². The summed E-state index contributed by atoms with van der Waals surface area (Å²) in [5.41, 5.74) is 2.86. The maximum atomic E-state index is 11.7. The highest BCUT2D eigenvalue weighted by Gasteiger charge is 2.43. The number of carbonyl (C=O) groups excluding carboxylic acids is 1. The van der Waals surface area contributed by atoms with Gasteiger partial charge in [0.2, 0.25) is 5.91 Å². The van der Waals surface area contributed by atoms with E-state index in [1.165, 1.54) is 19.3 Å². The summed E-state index contributed by atoms with van der Waals surface area (Å²) < 4.78 is 0. The van der Waals surface area contributed by atoms with Gasteiger partial charge >= 0.3 is 0 Å². The first-order chi connectivity index (χ1) is 6.16. The summed E-state index contributed by atoms with van der Waals surface area (Å²) in [6.07, 6.45) is 5.06. The zero-order chi connectivity index (χ0) is 9.42. The minimum absolute atomic E-state index is 0.234. The lowest BCUT2D eigenvalue weighted by molar-refractivity contribution is -0.130. The van der Waals surface area contributed by atoms with Gasteiger partial charge in [-0.3, -0.25) is 10.2 Å². The van der Waals surface area contributed by atoms with Crippen molar-refractivity contribution in [2.75, 3.05) is 14.1 Å². The fraction of sp³-hybridized carbons (Fsp3) is 0.900. The van der Waals surface area contributed by atoms with Crippen LogP contribution in [0.4, 0.5) is 0 Å². The smallest absolute Gasteiger partial charge is 0.237 e. The second kappa shape index (κ2) is 3.29. The molecule has 3 heteroatoms. The van der Waals surface area contributed by atoms with Gasteiger partial charge in [0.1, 0.15) is 0 Å². The highest BCUT2D eigenvalue weighted by molar-refractivity contribution is 5.78. The van der Waals surface area contributed by atoms with Crippen LogP contribution in [0, 0.1) is 17.8 Å². The Kier molecular flexibility index (Phi) is 2.28. The Morgan fingerprint density at radius 3 is 2.54 bits per heavy atom. The van der Waals surface area contributed by atoms with E-state index in [0.717, 1.165) is 12.3 Å². The normalized spacial score (nSPS) is 37.0. The number of nitrogens with zero attached hydrogens (tertiary/aromatic N) is 1. The number of nitrogens with one attached hydrogen (secondary N) is 1. The Morgan fingerprint density at radius 1 is 1.31 bits per heavy atom. The van der Waals surface area contributed by atoms with Crippen LogP contribution >= 0.6 is 0 Å². The zero-order valence-electron chi connectivity index (χ0n) is 8.42. The summed E-state index contributed by atoms with van der Waals surface area (Å²) in [5, 5.41) is 1.74. The molecular weight excluding hydrogens is 164 g/mol. The van der Waals surface area contributed by atoms with Crippen molar-refractivity contribution in [3.8, 4) is 0 Å². The molecule has 2 aliphatic carbocycles. The van der Waals surface area contributed by atoms with Gasteiger partial charge in [0.15, 0.2) is 0 Å². The van der Waals surface area contributed by atoms with Crippen molar-refractivity contribution in [1.82, 2.24) is 10.4 Å². The van der Waals surface area contributed by atoms with Gasteiger partial charge < -0.3 is 0 Å². The molecule has 2 saturated carbocycles. The third-order valence-corrected chi connectivity index (χ3v) is 3.41. The van der Waals surface area contributed by atoms with E-state index in [9.17, 15) is 4.79 Å². The highest BCUT2D eigenvalue weighted by atomic mass is 16.2. The zero-order valence-corrected chi connectivity index (χ0v) is 8.42. The monoisotopic (exact) mass is 182 g/mol. The van der Waals surface area contributed by atoms with E-state index in [1.54, 1.807) is 5.01 Å². The molecule has 0 aromatic rings. The van der Waals surface area contributed by atoms with Crippen LogP contribution in [-0.2, 0) is 4.79 Å². The number of fused-ring (bicyclic) bond motifs is 2. The van der Waals surface area contributed by atoms with E-state index in [0.29, 0.717) is 11.8 Å². The van der Waals surface area contributed by atoms with Crippen molar-refractivity contribution < 1.29 is 4.79 Å². The molecule has 3 nitrogen and oxygen atoms in total. The van der Waals surface area contributed by atoms with Crippen molar-refractivity contribution in [2.45, 2.75) is 25.7 Å². The number of hydrogen-bond acceptors (Lipinski definition) is 2. The lowest BCUT2D eigenvalue weighted by Crippen LogP contribution is -2.41. The van der Waals surface area contributed by atoms with Gasteiger partial charge in [-0.25, -0.2) is 5.01 Å². The van der Waals surface area contributed by atoms with Gasteiger partial charge in [0.25, 0.3) is 0 Å². The summed E-state index contributed by atoms with van der Waals surface area (Å²) in [4.78, 5) is 11.7. The molecule has 2 bridgehead atoms. The van der Waals surface area contributed by atoms with Crippen LogP contribution in [0.3, 0.4) is 0 Å². The van der Waals surface area contributed by atoms with Crippen molar-refractivity contribution >= 4 is 5.91 Å². The molecule has 0 saturated heterocycles. The summed E-state index contributed by atoms with van der Waals surface area (Å²) in [6.45, 7) is 0. The number of carbonyl (C=O) groups is 1. The van der Waals surface area contributed by atoms with E-state index in [4.69, 9.17) is 0 Å². The van der Waals surface area contributed by atoms with E-state index < -0.39 is 0 Å². The van der Waals surface area contributed by atoms with Gasteiger partial charge in [0, 0.05) is 20.0 Å². The highest BCUT2D eigenvalue weighted by Crippen LogP contribution is 2.48. The third kappa shape index (κ3) is 1.70. The minimum atomic E-state index is 0.234. The molecule has 3 unspecified atom stereocenters.